The molecular formula is C30H29FN4O3. The van der Waals surface area contributed by atoms with Gasteiger partial charge in [-0.3, -0.25) is 14.4 Å². The maximum atomic E-state index is 14.5. The Morgan fingerprint density at radius 1 is 1.08 bits per heavy atom. The van der Waals surface area contributed by atoms with Crippen molar-refractivity contribution in [3.63, 3.8) is 0 Å². The Balaban J connectivity index is 1.46. The number of H-pyrrole nitrogens is 1. The van der Waals surface area contributed by atoms with Crippen LogP contribution in [-0.2, 0) is 19.6 Å². The maximum absolute atomic E-state index is 14.5. The molecule has 1 amide bonds. The third-order valence-electron chi connectivity index (χ3n) is 6.26. The van der Waals surface area contributed by atoms with Crippen LogP contribution in [0.25, 0.3) is 10.9 Å². The molecule has 0 saturated carbocycles. The quantitative estimate of drug-likeness (QED) is 0.321. The van der Waals surface area contributed by atoms with Crippen molar-refractivity contribution < 1.29 is 9.18 Å². The number of nitrogens with zero attached hydrogens (tertiary/aromatic N) is 2. The molecule has 7 nitrogen and oxygen atoms in total. The molecule has 2 N–H and O–H groups in total. The molecule has 0 fully saturated rings. The molecule has 3 heterocycles. The Bertz CT molecular complexity index is 1690. The average molecular weight is 513 g/mol. The molecule has 0 bridgehead atoms. The van der Waals surface area contributed by atoms with E-state index in [9.17, 15) is 18.8 Å². The van der Waals surface area contributed by atoms with Crippen LogP contribution in [-0.4, -0.2) is 20.0 Å². The lowest BCUT2D eigenvalue weighted by molar-refractivity contribution is 0.0949. The topological polar surface area (TPSA) is 88.9 Å². The first-order valence-electron chi connectivity index (χ1n) is 12.1. The number of nitrogens with one attached hydrogen (secondary N) is 2. The molecule has 4 rings (SSSR count). The number of rotatable bonds is 9. The molecule has 0 saturated heterocycles. The highest BCUT2D eigenvalue weighted by Gasteiger charge is 2.12. The lowest BCUT2D eigenvalue weighted by atomic mass is 10.1. The summed E-state index contributed by atoms with van der Waals surface area (Å²) >= 11 is 0. The van der Waals surface area contributed by atoms with E-state index in [-0.39, 0.29) is 29.8 Å². The molecule has 194 valence electrons. The summed E-state index contributed by atoms with van der Waals surface area (Å²) in [7, 11) is 0. The summed E-state index contributed by atoms with van der Waals surface area (Å²) in [6, 6.07) is 10.9. The van der Waals surface area contributed by atoms with Gasteiger partial charge in [0.15, 0.2) is 0 Å². The van der Waals surface area contributed by atoms with Crippen LogP contribution >= 0.6 is 0 Å². The van der Waals surface area contributed by atoms with Gasteiger partial charge in [-0.05, 0) is 49.2 Å². The van der Waals surface area contributed by atoms with Gasteiger partial charge in [0.25, 0.3) is 17.0 Å². The van der Waals surface area contributed by atoms with Gasteiger partial charge in [-0.15, -0.1) is 0 Å². The van der Waals surface area contributed by atoms with E-state index in [1.54, 1.807) is 35.0 Å². The number of aromatic nitrogens is 3. The predicted molar refractivity (Wildman–Crippen MR) is 148 cm³/mol. The zero-order valence-corrected chi connectivity index (χ0v) is 21.3. The first-order valence-corrected chi connectivity index (χ1v) is 12.1. The van der Waals surface area contributed by atoms with E-state index in [0.29, 0.717) is 17.6 Å². The molecule has 3 aromatic heterocycles. The van der Waals surface area contributed by atoms with Gasteiger partial charge in [-0.2, -0.15) is 0 Å². The number of amides is 1. The second kappa shape index (κ2) is 11.6. The van der Waals surface area contributed by atoms with Crippen LogP contribution < -0.4 is 16.4 Å². The Morgan fingerprint density at radius 3 is 2.63 bits per heavy atom. The SMILES string of the molecule is C=C/C(=C\C=C(/C)Cn1ccccc1=O)Cn1cc(C(=O)NCc2cc3c(C)c[nH]c3cc2F)ccc1=O. The van der Waals surface area contributed by atoms with E-state index >= 15 is 0 Å². The second-order valence-electron chi connectivity index (χ2n) is 9.15. The smallest absolute Gasteiger partial charge is 0.253 e. The number of fused-ring (bicyclic) bond motifs is 1. The Kier molecular flexibility index (Phi) is 8.01. The fourth-order valence-electron chi connectivity index (χ4n) is 4.07. The van der Waals surface area contributed by atoms with Crippen molar-refractivity contribution in [3.05, 3.63) is 140 Å². The van der Waals surface area contributed by atoms with Gasteiger partial charge >= 0.3 is 0 Å². The number of pyridine rings is 2. The van der Waals surface area contributed by atoms with E-state index in [2.05, 4.69) is 16.9 Å². The van der Waals surface area contributed by atoms with Gasteiger partial charge in [0.2, 0.25) is 0 Å². The van der Waals surface area contributed by atoms with Crippen LogP contribution in [0.5, 0.6) is 0 Å². The highest BCUT2D eigenvalue weighted by Crippen LogP contribution is 2.21. The zero-order chi connectivity index (χ0) is 27.2. The highest BCUT2D eigenvalue weighted by atomic mass is 19.1. The van der Waals surface area contributed by atoms with Crippen molar-refractivity contribution >= 4 is 16.8 Å². The van der Waals surface area contributed by atoms with Gasteiger partial charge in [0, 0.05) is 60.3 Å². The molecule has 0 aliphatic heterocycles. The summed E-state index contributed by atoms with van der Waals surface area (Å²) in [5.41, 5.74) is 3.68. The number of hydrogen-bond donors (Lipinski definition) is 2. The number of allylic oxidation sites excluding steroid dienone is 5. The van der Waals surface area contributed by atoms with Crippen molar-refractivity contribution in [2.24, 2.45) is 0 Å². The van der Waals surface area contributed by atoms with E-state index in [4.69, 9.17) is 0 Å². The van der Waals surface area contributed by atoms with Crippen molar-refractivity contribution in [1.29, 1.82) is 0 Å². The highest BCUT2D eigenvalue weighted by molar-refractivity contribution is 5.94. The van der Waals surface area contributed by atoms with Crippen LogP contribution in [0.1, 0.15) is 28.4 Å². The first-order chi connectivity index (χ1) is 18.2. The Morgan fingerprint density at radius 2 is 1.87 bits per heavy atom. The molecule has 0 radical (unpaired) electrons. The number of hydrogen-bond acceptors (Lipinski definition) is 3. The van der Waals surface area contributed by atoms with Crippen LogP contribution in [0.2, 0.25) is 0 Å². The normalized spacial score (nSPS) is 12.1. The van der Waals surface area contributed by atoms with Crippen molar-refractivity contribution in [1.82, 2.24) is 19.4 Å². The summed E-state index contributed by atoms with van der Waals surface area (Å²) in [5.74, 6) is -0.830. The lowest BCUT2D eigenvalue weighted by Gasteiger charge is -2.11. The monoisotopic (exact) mass is 512 g/mol. The fourth-order valence-corrected chi connectivity index (χ4v) is 4.07. The number of carbonyl (C=O) groups excluding carboxylic acids is 1. The molecule has 8 heteroatoms. The molecule has 0 aliphatic rings. The van der Waals surface area contributed by atoms with E-state index in [0.717, 1.165) is 22.1 Å². The van der Waals surface area contributed by atoms with Crippen LogP contribution in [0.15, 0.2) is 107 Å². The average Bonchev–Trinajstić information content (AvgIpc) is 3.26. The van der Waals surface area contributed by atoms with Crippen LogP contribution in [0.3, 0.4) is 0 Å². The Hall–Kier alpha value is -4.72. The molecule has 0 aliphatic carbocycles. The first kappa shape index (κ1) is 26.3. The maximum Gasteiger partial charge on any atom is 0.253 e. The minimum absolute atomic E-state index is 0.0107. The number of carbonyl (C=O) groups is 1. The fraction of sp³-hybridized carbons (Fsp3) is 0.167. The molecule has 4 aromatic rings. The minimum atomic E-state index is -0.419. The van der Waals surface area contributed by atoms with E-state index < -0.39 is 11.7 Å². The number of benzene rings is 1. The van der Waals surface area contributed by atoms with Gasteiger partial charge in [0.1, 0.15) is 5.82 Å². The van der Waals surface area contributed by atoms with Crippen LogP contribution in [0, 0.1) is 12.7 Å². The molecule has 38 heavy (non-hydrogen) atoms. The Labute approximate surface area is 219 Å². The third-order valence-corrected chi connectivity index (χ3v) is 6.26. The lowest BCUT2D eigenvalue weighted by Crippen LogP contribution is -2.27. The van der Waals surface area contributed by atoms with Crippen molar-refractivity contribution in [2.45, 2.75) is 33.5 Å². The number of aromatic amines is 1. The number of aryl methyl sites for hydroxylation is 1. The molecule has 0 unspecified atom stereocenters. The van der Waals surface area contributed by atoms with Gasteiger partial charge in [0.05, 0.1) is 12.1 Å². The minimum Gasteiger partial charge on any atom is -0.361 e. The summed E-state index contributed by atoms with van der Waals surface area (Å²) in [6.45, 7) is 8.32. The van der Waals surface area contributed by atoms with E-state index in [1.165, 1.54) is 35.0 Å². The van der Waals surface area contributed by atoms with Crippen LogP contribution in [0.4, 0.5) is 4.39 Å². The van der Waals surface area contributed by atoms with Crippen molar-refractivity contribution in [3.8, 4) is 0 Å². The second-order valence-corrected chi connectivity index (χ2v) is 9.15. The molecule has 1 aromatic carbocycles. The zero-order valence-electron chi connectivity index (χ0n) is 21.3. The summed E-state index contributed by atoms with van der Waals surface area (Å²) in [5, 5.41) is 3.63. The number of halogens is 1. The largest absolute Gasteiger partial charge is 0.361 e. The molecular weight excluding hydrogens is 483 g/mol. The van der Waals surface area contributed by atoms with E-state index in [1.807, 2.05) is 32.2 Å². The third kappa shape index (κ3) is 6.15. The standard InChI is InChI=1S/C30H29FN4O3/c1-4-22(9-8-20(2)17-34-12-6-5-7-28(34)36)18-35-19-23(10-11-29(35)37)30(38)33-16-24-13-25-21(3)15-32-27(25)14-26(24)31/h4-15,19,32H,1,16-18H2,2-3H3,(H,33,38)/b20-8+,22-9+. The molecule has 0 spiro atoms. The summed E-state index contributed by atoms with van der Waals surface area (Å²) in [6.07, 6.45) is 10.4. The van der Waals surface area contributed by atoms with Gasteiger partial charge in [-0.1, -0.05) is 36.4 Å². The van der Waals surface area contributed by atoms with Crippen molar-refractivity contribution in [2.75, 3.05) is 0 Å². The predicted octanol–water partition coefficient (Wildman–Crippen LogP) is 4.63. The summed E-state index contributed by atoms with van der Waals surface area (Å²) in [4.78, 5) is 40.2. The summed E-state index contributed by atoms with van der Waals surface area (Å²) < 4.78 is 17.5. The molecule has 0 atom stereocenters. The van der Waals surface area contributed by atoms with Gasteiger partial charge < -0.3 is 19.4 Å². The van der Waals surface area contributed by atoms with Gasteiger partial charge in [-0.25, -0.2) is 4.39 Å².